The predicted molar refractivity (Wildman–Crippen MR) is 94.0 cm³/mol. The van der Waals surface area contributed by atoms with Crippen molar-refractivity contribution in [3.05, 3.63) is 0 Å². The van der Waals surface area contributed by atoms with Crippen LogP contribution in [0.3, 0.4) is 0 Å². The first-order valence-corrected chi connectivity index (χ1v) is 16.1. The highest BCUT2D eigenvalue weighted by Crippen LogP contribution is 1.77. The molecule has 0 saturated carbocycles. The number of hydrogen-bond acceptors (Lipinski definition) is 10. The third kappa shape index (κ3) is 19.6. The SMILES string of the molecule is N[SiH](N)O[SiH2]O[SiH2]O[SiH2]O[SiH2]O[SiH2]O[SiH2]O[SiH2]O[SiH3]. The van der Waals surface area contributed by atoms with E-state index in [1.54, 1.807) is 0 Å². The normalized spacial score (nSPS) is 15.9. The summed E-state index contributed by atoms with van der Waals surface area (Å²) in [6, 6.07) is 0. The van der Waals surface area contributed by atoms with Crippen molar-refractivity contribution < 1.29 is 32.9 Å². The van der Waals surface area contributed by atoms with Gasteiger partial charge in [-0.05, 0) is 0 Å². The maximum Gasteiger partial charge on any atom is 0.320 e. The van der Waals surface area contributed by atoms with Gasteiger partial charge in [0.1, 0.15) is 10.5 Å². The Bertz CT molecular complexity index is 174. The van der Waals surface area contributed by atoms with Crippen LogP contribution in [0.4, 0.5) is 0 Å². The Hall–Kier alpha value is 1.55. The summed E-state index contributed by atoms with van der Waals surface area (Å²) in [4.78, 5) is 0. The molecule has 4 N–H and O–H groups in total. The third-order valence-corrected chi connectivity index (χ3v) is 12.4. The molecule has 0 rings (SSSR count). The van der Waals surface area contributed by atoms with Crippen LogP contribution in [-0.2, 0) is 32.9 Å². The van der Waals surface area contributed by atoms with E-state index in [1.165, 1.54) is 0 Å². The van der Waals surface area contributed by atoms with Crippen molar-refractivity contribution in [2.75, 3.05) is 0 Å². The fourth-order valence-electron chi connectivity index (χ4n) is 0.709. The highest BCUT2D eigenvalue weighted by Gasteiger charge is 1.98. The molecular formula is H22N2O8Si9. The molecule has 10 nitrogen and oxygen atoms in total. The Kier molecular flexibility index (Phi) is 19.0. The lowest BCUT2D eigenvalue weighted by Gasteiger charge is -2.08. The van der Waals surface area contributed by atoms with Crippen LogP contribution in [0.15, 0.2) is 0 Å². The first-order valence-electron chi connectivity index (χ1n) is 5.35. The molecule has 19 heteroatoms. The molecular weight excluding hydrogens is 409 g/mol. The van der Waals surface area contributed by atoms with Crippen LogP contribution < -0.4 is 10.8 Å². The van der Waals surface area contributed by atoms with E-state index in [0.717, 1.165) is 10.5 Å². The topological polar surface area (TPSA) is 126 Å². The largest absolute Gasteiger partial charge is 0.449 e. The molecule has 0 aromatic heterocycles. The molecule has 0 aliphatic rings. The second-order valence-corrected chi connectivity index (χ2v) is 19.0. The van der Waals surface area contributed by atoms with Crippen LogP contribution in [0.25, 0.3) is 0 Å². The molecule has 0 saturated heterocycles. The minimum atomic E-state index is -1.91. The summed E-state index contributed by atoms with van der Waals surface area (Å²) in [7, 11) is -7.56. The van der Waals surface area contributed by atoms with Crippen LogP contribution in [0.5, 0.6) is 0 Å². The quantitative estimate of drug-likeness (QED) is 0.191. The molecule has 0 amide bonds. The molecule has 0 unspecified atom stereocenters. The first kappa shape index (κ1) is 20.6. The minimum Gasteiger partial charge on any atom is -0.449 e. The van der Waals surface area contributed by atoms with Gasteiger partial charge in [-0.1, -0.05) is 0 Å². The predicted octanol–water partition coefficient (Wildman–Crippen LogP) is -9.97. The molecule has 0 bridgehead atoms. The van der Waals surface area contributed by atoms with Crippen molar-refractivity contribution in [2.24, 2.45) is 10.8 Å². The lowest BCUT2D eigenvalue weighted by atomic mass is 13.9. The molecule has 0 radical (unpaired) electrons. The van der Waals surface area contributed by atoms with Gasteiger partial charge in [0.25, 0.3) is 70.0 Å². The van der Waals surface area contributed by atoms with Crippen LogP contribution in [0, 0.1) is 0 Å². The molecule has 0 aliphatic carbocycles. The van der Waals surface area contributed by atoms with Crippen LogP contribution in [-0.4, -0.2) is 89.9 Å². The van der Waals surface area contributed by atoms with Crippen molar-refractivity contribution in [3.63, 3.8) is 0 Å². The number of nitrogens with two attached hydrogens (primary N) is 2. The van der Waals surface area contributed by atoms with Crippen LogP contribution in [0.1, 0.15) is 0 Å². The Morgan fingerprint density at radius 3 is 1.37 bits per heavy atom. The summed E-state index contributed by atoms with van der Waals surface area (Å²) < 4.78 is 41.8. The monoisotopic (exact) mass is 430 g/mol. The van der Waals surface area contributed by atoms with E-state index in [2.05, 4.69) is 0 Å². The zero-order valence-corrected chi connectivity index (χ0v) is 24.0. The highest BCUT2D eigenvalue weighted by molar-refractivity contribution is 6.53. The minimum absolute atomic E-state index is 0.739. The van der Waals surface area contributed by atoms with Gasteiger partial charge < -0.3 is 43.7 Å². The summed E-state index contributed by atoms with van der Waals surface area (Å²) in [5.74, 6) is 0. The summed E-state index contributed by atoms with van der Waals surface area (Å²) in [6.45, 7) is 0. The second-order valence-electron chi connectivity index (χ2n) is 2.97. The van der Waals surface area contributed by atoms with Crippen molar-refractivity contribution in [3.8, 4) is 0 Å². The highest BCUT2D eigenvalue weighted by atomic mass is 28.4. The Morgan fingerprint density at radius 2 is 1.00 bits per heavy atom. The Balaban J connectivity index is 2.91. The van der Waals surface area contributed by atoms with E-state index >= 15 is 0 Å². The maximum atomic E-state index is 5.33. The average Bonchev–Trinajstić information content (AvgIpc) is 2.39. The van der Waals surface area contributed by atoms with Gasteiger partial charge in [0.2, 0.25) is 0 Å². The first-order chi connectivity index (χ1) is 9.27. The van der Waals surface area contributed by atoms with Gasteiger partial charge in [-0.2, -0.15) is 0 Å². The van der Waals surface area contributed by atoms with Gasteiger partial charge in [0, 0.05) is 0 Å². The molecule has 0 heterocycles. The zero-order chi connectivity index (χ0) is 14.2. The second kappa shape index (κ2) is 17.6. The molecule has 19 heavy (non-hydrogen) atoms. The molecule has 0 atom stereocenters. The van der Waals surface area contributed by atoms with Crippen LogP contribution in [0.2, 0.25) is 0 Å². The van der Waals surface area contributed by atoms with Gasteiger partial charge in [0.15, 0.2) is 0 Å². The fourth-order valence-corrected chi connectivity index (χ4v) is 14.0. The molecule has 0 aliphatic heterocycles. The Morgan fingerprint density at radius 1 is 0.632 bits per heavy atom. The van der Waals surface area contributed by atoms with Gasteiger partial charge in [-0.3, -0.25) is 0 Å². The Labute approximate surface area is 133 Å². The maximum absolute atomic E-state index is 5.33. The van der Waals surface area contributed by atoms with E-state index in [0.29, 0.717) is 0 Å². The van der Waals surface area contributed by atoms with Crippen molar-refractivity contribution in [1.29, 1.82) is 0 Å². The van der Waals surface area contributed by atoms with Gasteiger partial charge in [-0.15, -0.1) is 0 Å². The summed E-state index contributed by atoms with van der Waals surface area (Å²) in [6.07, 6.45) is 0. The lowest BCUT2D eigenvalue weighted by molar-refractivity contribution is 0.367. The average molecular weight is 431 g/mol. The van der Waals surface area contributed by atoms with E-state index in [-0.39, 0.29) is 0 Å². The van der Waals surface area contributed by atoms with Crippen LogP contribution >= 0.6 is 0 Å². The molecule has 0 fully saturated rings. The van der Waals surface area contributed by atoms with Gasteiger partial charge in [-0.25, -0.2) is 0 Å². The lowest BCUT2D eigenvalue weighted by Crippen LogP contribution is -2.42. The van der Waals surface area contributed by atoms with Crippen molar-refractivity contribution >= 4 is 89.9 Å². The molecule has 0 aromatic rings. The molecule has 0 aromatic carbocycles. The fraction of sp³-hybridized carbons (Fsp3) is 0. The number of hydrogen-bond donors (Lipinski definition) is 2. The molecule has 0 spiro atoms. The van der Waals surface area contributed by atoms with Crippen molar-refractivity contribution in [2.45, 2.75) is 0 Å². The summed E-state index contributed by atoms with van der Waals surface area (Å²) >= 11 is 0. The smallest absolute Gasteiger partial charge is 0.320 e. The summed E-state index contributed by atoms with van der Waals surface area (Å²) in [5.41, 5.74) is 0. The standard InChI is InChI=1S/H22N2O8Si9/c1-19(2)10-18-9-17-8-16-7-15-6-14-5-13-4-12-3-11/h19H,1-2,12-18H2,11H3. The van der Waals surface area contributed by atoms with E-state index < -0.39 is 79.4 Å². The van der Waals surface area contributed by atoms with Gasteiger partial charge in [0.05, 0.1) is 0 Å². The number of rotatable bonds is 15. The third-order valence-electron chi connectivity index (χ3n) is 1.38. The summed E-state index contributed by atoms with van der Waals surface area (Å²) in [5, 5.41) is 10.6. The van der Waals surface area contributed by atoms with E-state index in [1.807, 2.05) is 0 Å². The van der Waals surface area contributed by atoms with Crippen molar-refractivity contribution in [1.82, 2.24) is 0 Å². The van der Waals surface area contributed by atoms with Gasteiger partial charge >= 0.3 is 9.36 Å². The van der Waals surface area contributed by atoms with E-state index in [4.69, 9.17) is 43.7 Å². The molecule has 116 valence electrons. The zero-order valence-electron chi connectivity index (χ0n) is 10.9. The van der Waals surface area contributed by atoms with E-state index in [9.17, 15) is 0 Å².